The standard InChI is InChI=1S/C18H19FN2O3/c1-11-14-8-9-21(10-12-4-6-13(19)7-5-12)17(22)15(14)16(24-3)18(23)20(11)2/h4-7H,8-10H2,1-3H3. The number of carbonyl (C=O) groups is 1. The Balaban J connectivity index is 2.01. The molecule has 1 aromatic carbocycles. The number of nitrogens with zero attached hydrogens (tertiary/aromatic N) is 2. The lowest BCUT2D eigenvalue weighted by Crippen LogP contribution is -2.40. The van der Waals surface area contributed by atoms with Gasteiger partial charge in [-0.15, -0.1) is 0 Å². The van der Waals surface area contributed by atoms with Crippen LogP contribution in [-0.4, -0.2) is 29.0 Å². The molecule has 24 heavy (non-hydrogen) atoms. The second kappa shape index (κ2) is 6.11. The molecule has 0 aliphatic carbocycles. The van der Waals surface area contributed by atoms with Gasteiger partial charge in [-0.1, -0.05) is 12.1 Å². The van der Waals surface area contributed by atoms with Crippen molar-refractivity contribution in [1.82, 2.24) is 9.47 Å². The molecule has 0 spiro atoms. The molecule has 2 aromatic rings. The summed E-state index contributed by atoms with van der Waals surface area (Å²) in [5.74, 6) is -0.444. The van der Waals surface area contributed by atoms with E-state index < -0.39 is 0 Å². The summed E-state index contributed by atoms with van der Waals surface area (Å²) in [5.41, 5.74) is 2.52. The third kappa shape index (κ3) is 2.58. The summed E-state index contributed by atoms with van der Waals surface area (Å²) in [4.78, 5) is 26.9. The summed E-state index contributed by atoms with van der Waals surface area (Å²) in [7, 11) is 3.08. The number of pyridine rings is 1. The van der Waals surface area contributed by atoms with Crippen LogP contribution in [0.25, 0.3) is 0 Å². The number of hydrogen-bond acceptors (Lipinski definition) is 3. The van der Waals surface area contributed by atoms with Crippen molar-refractivity contribution in [2.24, 2.45) is 7.05 Å². The Kier molecular flexibility index (Phi) is 4.13. The minimum atomic E-state index is -0.314. The van der Waals surface area contributed by atoms with E-state index in [1.165, 1.54) is 23.8 Å². The van der Waals surface area contributed by atoms with Crippen LogP contribution in [-0.2, 0) is 20.0 Å². The number of benzene rings is 1. The van der Waals surface area contributed by atoms with Gasteiger partial charge in [0.1, 0.15) is 5.82 Å². The number of halogens is 1. The largest absolute Gasteiger partial charge is 0.490 e. The minimum absolute atomic E-state index is 0.0897. The minimum Gasteiger partial charge on any atom is -0.490 e. The topological polar surface area (TPSA) is 51.5 Å². The van der Waals surface area contributed by atoms with Gasteiger partial charge in [0.15, 0.2) is 5.75 Å². The maximum atomic E-state index is 13.0. The molecule has 1 aliphatic rings. The van der Waals surface area contributed by atoms with E-state index in [0.717, 1.165) is 16.8 Å². The number of amides is 1. The SMILES string of the molecule is COc1c2c(c(C)n(C)c1=O)CCN(Cc1ccc(F)cc1)C2=O. The van der Waals surface area contributed by atoms with Crippen molar-refractivity contribution in [2.75, 3.05) is 13.7 Å². The Morgan fingerprint density at radius 3 is 2.50 bits per heavy atom. The molecule has 5 nitrogen and oxygen atoms in total. The Morgan fingerprint density at radius 1 is 1.21 bits per heavy atom. The van der Waals surface area contributed by atoms with Gasteiger partial charge in [0.2, 0.25) is 0 Å². The second-order valence-corrected chi connectivity index (χ2v) is 5.94. The van der Waals surface area contributed by atoms with E-state index in [4.69, 9.17) is 4.74 Å². The van der Waals surface area contributed by atoms with Crippen molar-refractivity contribution in [2.45, 2.75) is 19.9 Å². The van der Waals surface area contributed by atoms with Crippen LogP contribution in [0.15, 0.2) is 29.1 Å². The van der Waals surface area contributed by atoms with E-state index in [1.54, 1.807) is 24.1 Å². The maximum absolute atomic E-state index is 13.0. The number of methoxy groups -OCH3 is 1. The van der Waals surface area contributed by atoms with E-state index in [2.05, 4.69) is 0 Å². The molecule has 0 N–H and O–H groups in total. The fraction of sp³-hybridized carbons (Fsp3) is 0.333. The lowest BCUT2D eigenvalue weighted by molar-refractivity contribution is 0.0721. The molecule has 2 heterocycles. The predicted molar refractivity (Wildman–Crippen MR) is 87.8 cm³/mol. The fourth-order valence-electron chi connectivity index (χ4n) is 3.12. The van der Waals surface area contributed by atoms with Crippen molar-refractivity contribution < 1.29 is 13.9 Å². The Morgan fingerprint density at radius 2 is 1.88 bits per heavy atom. The Bertz CT molecular complexity index is 856. The fourth-order valence-corrected chi connectivity index (χ4v) is 3.12. The molecule has 0 saturated heterocycles. The van der Waals surface area contributed by atoms with Gasteiger partial charge >= 0.3 is 0 Å². The summed E-state index contributed by atoms with van der Waals surface area (Å²) < 4.78 is 19.8. The van der Waals surface area contributed by atoms with Crippen LogP contribution in [0, 0.1) is 12.7 Å². The van der Waals surface area contributed by atoms with Crippen molar-refractivity contribution in [1.29, 1.82) is 0 Å². The summed E-state index contributed by atoms with van der Waals surface area (Å²) >= 11 is 0. The summed E-state index contributed by atoms with van der Waals surface area (Å²) in [6.45, 7) is 2.75. The molecule has 6 heteroatoms. The van der Waals surface area contributed by atoms with Crippen molar-refractivity contribution in [3.63, 3.8) is 0 Å². The van der Waals surface area contributed by atoms with Crippen LogP contribution in [0.1, 0.15) is 27.2 Å². The molecule has 0 saturated carbocycles. The van der Waals surface area contributed by atoms with Crippen LogP contribution < -0.4 is 10.3 Å². The summed E-state index contributed by atoms with van der Waals surface area (Å²) in [6.07, 6.45) is 0.651. The van der Waals surface area contributed by atoms with E-state index >= 15 is 0 Å². The van der Waals surface area contributed by atoms with Gasteiger partial charge < -0.3 is 14.2 Å². The van der Waals surface area contributed by atoms with E-state index in [0.29, 0.717) is 25.1 Å². The molecule has 3 rings (SSSR count). The monoisotopic (exact) mass is 330 g/mol. The van der Waals surface area contributed by atoms with Gasteiger partial charge in [0, 0.05) is 25.8 Å². The Hall–Kier alpha value is -2.63. The third-order valence-corrected chi connectivity index (χ3v) is 4.59. The Labute approximate surface area is 139 Å². The van der Waals surface area contributed by atoms with E-state index in [-0.39, 0.29) is 23.0 Å². The van der Waals surface area contributed by atoms with Gasteiger partial charge in [-0.25, -0.2) is 4.39 Å². The number of carbonyl (C=O) groups excluding carboxylic acids is 1. The predicted octanol–water partition coefficient (Wildman–Crippen LogP) is 2.04. The lowest BCUT2D eigenvalue weighted by Gasteiger charge is -2.31. The molecule has 1 aromatic heterocycles. The normalized spacial score (nSPS) is 13.8. The van der Waals surface area contributed by atoms with Crippen LogP contribution in [0.3, 0.4) is 0 Å². The highest BCUT2D eigenvalue weighted by atomic mass is 19.1. The first-order chi connectivity index (χ1) is 11.4. The zero-order chi connectivity index (χ0) is 17.4. The van der Waals surface area contributed by atoms with Crippen molar-refractivity contribution in [3.05, 3.63) is 62.8 Å². The molecular formula is C18H19FN2O3. The molecule has 126 valence electrons. The van der Waals surface area contributed by atoms with Gasteiger partial charge in [-0.2, -0.15) is 0 Å². The average Bonchev–Trinajstić information content (AvgIpc) is 2.58. The number of fused-ring (bicyclic) bond motifs is 1. The van der Waals surface area contributed by atoms with E-state index in [9.17, 15) is 14.0 Å². The van der Waals surface area contributed by atoms with Gasteiger partial charge in [-0.3, -0.25) is 9.59 Å². The highest BCUT2D eigenvalue weighted by molar-refractivity contribution is 5.99. The van der Waals surface area contributed by atoms with Gasteiger partial charge in [0.25, 0.3) is 11.5 Å². The molecule has 1 amide bonds. The highest BCUT2D eigenvalue weighted by Gasteiger charge is 2.31. The van der Waals surface area contributed by atoms with Crippen molar-refractivity contribution in [3.8, 4) is 5.75 Å². The molecule has 0 bridgehead atoms. The van der Waals surface area contributed by atoms with Crippen LogP contribution >= 0.6 is 0 Å². The quantitative estimate of drug-likeness (QED) is 0.865. The molecule has 1 aliphatic heterocycles. The van der Waals surface area contributed by atoms with Crippen LogP contribution in [0.4, 0.5) is 4.39 Å². The third-order valence-electron chi connectivity index (χ3n) is 4.59. The zero-order valence-corrected chi connectivity index (χ0v) is 13.9. The smallest absolute Gasteiger partial charge is 0.293 e. The number of hydrogen-bond donors (Lipinski definition) is 0. The molecule has 0 atom stereocenters. The first-order valence-corrected chi connectivity index (χ1v) is 7.74. The van der Waals surface area contributed by atoms with Gasteiger partial charge in [-0.05, 0) is 36.6 Å². The average molecular weight is 330 g/mol. The number of aromatic nitrogens is 1. The highest BCUT2D eigenvalue weighted by Crippen LogP contribution is 2.28. The van der Waals surface area contributed by atoms with Crippen LogP contribution in [0.2, 0.25) is 0 Å². The number of rotatable bonds is 3. The summed E-state index contributed by atoms with van der Waals surface area (Å²) in [6, 6.07) is 6.06. The lowest BCUT2D eigenvalue weighted by atomic mass is 9.96. The molecule has 0 radical (unpaired) electrons. The first-order valence-electron chi connectivity index (χ1n) is 7.74. The first kappa shape index (κ1) is 16.2. The molecule has 0 unspecified atom stereocenters. The molecular weight excluding hydrogens is 311 g/mol. The van der Waals surface area contributed by atoms with Crippen molar-refractivity contribution >= 4 is 5.91 Å². The van der Waals surface area contributed by atoms with Crippen LogP contribution in [0.5, 0.6) is 5.75 Å². The second-order valence-electron chi connectivity index (χ2n) is 5.94. The maximum Gasteiger partial charge on any atom is 0.293 e. The summed E-state index contributed by atoms with van der Waals surface area (Å²) in [5, 5.41) is 0. The van der Waals surface area contributed by atoms with Gasteiger partial charge in [0.05, 0.1) is 12.7 Å². The zero-order valence-electron chi connectivity index (χ0n) is 13.9. The van der Waals surface area contributed by atoms with E-state index in [1.807, 2.05) is 6.92 Å². The number of ether oxygens (including phenoxy) is 1. The molecule has 0 fully saturated rings.